The first-order valence-electron chi connectivity index (χ1n) is 7.64. The topological polar surface area (TPSA) is 71.8 Å². The number of fused-ring (bicyclic) bond motifs is 1. The van der Waals surface area contributed by atoms with E-state index >= 15 is 0 Å². The molecule has 0 atom stereocenters. The number of aromatic nitrogens is 3. The van der Waals surface area contributed by atoms with Crippen LogP contribution in [0.2, 0.25) is 0 Å². The van der Waals surface area contributed by atoms with E-state index in [1.165, 1.54) is 10.6 Å². The molecule has 0 saturated carbocycles. The van der Waals surface area contributed by atoms with Crippen LogP contribution in [0.25, 0.3) is 0 Å². The van der Waals surface area contributed by atoms with Crippen molar-refractivity contribution in [2.24, 2.45) is 0 Å². The van der Waals surface area contributed by atoms with Crippen LogP contribution in [-0.2, 0) is 30.8 Å². The van der Waals surface area contributed by atoms with E-state index in [1.807, 2.05) is 17.1 Å². The lowest BCUT2D eigenvalue weighted by molar-refractivity contribution is -0.121. The van der Waals surface area contributed by atoms with Gasteiger partial charge in [0.25, 0.3) is 0 Å². The molecule has 3 rings (SSSR count). The fraction of sp³-hybridized carbons (Fsp3) is 0.533. The summed E-state index contributed by atoms with van der Waals surface area (Å²) in [6.45, 7) is 5.31. The van der Waals surface area contributed by atoms with Gasteiger partial charge in [-0.15, -0.1) is 11.3 Å². The third-order valence-electron chi connectivity index (χ3n) is 3.83. The highest BCUT2D eigenvalue weighted by Gasteiger charge is 2.11. The fourth-order valence-electron chi connectivity index (χ4n) is 2.58. The molecule has 0 unspecified atom stereocenters. The summed E-state index contributed by atoms with van der Waals surface area (Å²) in [7, 11) is 0. The van der Waals surface area contributed by atoms with Crippen LogP contribution in [0.3, 0.4) is 0 Å². The van der Waals surface area contributed by atoms with E-state index in [4.69, 9.17) is 0 Å². The molecule has 1 aliphatic heterocycles. The predicted octanol–water partition coefficient (Wildman–Crippen LogP) is 1.39. The van der Waals surface area contributed by atoms with Gasteiger partial charge >= 0.3 is 0 Å². The summed E-state index contributed by atoms with van der Waals surface area (Å²) in [5, 5.41) is 10.9. The van der Waals surface area contributed by atoms with Crippen LogP contribution in [-0.4, -0.2) is 27.2 Å². The second kappa shape index (κ2) is 7.02. The highest BCUT2D eigenvalue weighted by atomic mass is 32.1. The molecule has 0 radical (unpaired) electrons. The molecule has 6 nitrogen and oxygen atoms in total. The molecular weight excluding hydrogens is 298 g/mol. The van der Waals surface area contributed by atoms with Crippen LogP contribution >= 0.6 is 11.3 Å². The largest absolute Gasteiger partial charge is 0.350 e. The van der Waals surface area contributed by atoms with Crippen molar-refractivity contribution in [2.45, 2.75) is 45.8 Å². The van der Waals surface area contributed by atoms with E-state index in [9.17, 15) is 4.79 Å². The quantitative estimate of drug-likeness (QED) is 0.873. The Balaban J connectivity index is 1.48. The lowest BCUT2D eigenvalue weighted by Gasteiger charge is -2.03. The Kier molecular flexibility index (Phi) is 4.84. The molecule has 3 heterocycles. The number of carbonyl (C=O) groups excluding carboxylic acids is 1. The number of nitrogens with zero attached hydrogens (tertiary/aromatic N) is 3. The Hall–Kier alpha value is -1.73. The Labute approximate surface area is 133 Å². The molecule has 1 amide bonds. The first-order valence-corrected chi connectivity index (χ1v) is 8.52. The van der Waals surface area contributed by atoms with Crippen molar-refractivity contribution in [2.75, 3.05) is 6.54 Å². The summed E-state index contributed by atoms with van der Waals surface area (Å²) in [6, 6.07) is 2.08. The Morgan fingerprint density at radius 1 is 1.55 bits per heavy atom. The smallest absolute Gasteiger partial charge is 0.220 e. The second-order valence-electron chi connectivity index (χ2n) is 5.52. The first kappa shape index (κ1) is 15.2. The fourth-order valence-corrected chi connectivity index (χ4v) is 3.36. The van der Waals surface area contributed by atoms with Crippen molar-refractivity contribution in [3.05, 3.63) is 33.5 Å². The maximum absolute atomic E-state index is 11.9. The molecular formula is C15H21N5OS. The average molecular weight is 319 g/mol. The van der Waals surface area contributed by atoms with Crippen molar-refractivity contribution in [1.29, 1.82) is 0 Å². The number of hydrogen-bond donors (Lipinski definition) is 2. The van der Waals surface area contributed by atoms with Gasteiger partial charge in [0.1, 0.15) is 0 Å². The minimum atomic E-state index is 0.0640. The molecule has 0 fully saturated rings. The molecule has 2 N–H and O–H groups in total. The maximum Gasteiger partial charge on any atom is 0.220 e. The van der Waals surface area contributed by atoms with E-state index in [0.29, 0.717) is 13.0 Å². The van der Waals surface area contributed by atoms with Crippen molar-refractivity contribution < 1.29 is 4.79 Å². The number of carbonyl (C=O) groups is 1. The zero-order chi connectivity index (χ0) is 15.4. The van der Waals surface area contributed by atoms with E-state index in [1.54, 1.807) is 11.3 Å². The normalized spacial score (nSPS) is 14.4. The van der Waals surface area contributed by atoms with Gasteiger partial charge < -0.3 is 10.6 Å². The van der Waals surface area contributed by atoms with Crippen molar-refractivity contribution >= 4 is 17.2 Å². The molecule has 22 heavy (non-hydrogen) atoms. The Morgan fingerprint density at radius 2 is 2.45 bits per heavy atom. The van der Waals surface area contributed by atoms with E-state index in [0.717, 1.165) is 43.9 Å². The minimum absolute atomic E-state index is 0.0640. The standard InChI is InChI=1S/C15H21N5OS/c1-11-14(22-10-18-11)3-4-15(21)17-8-12-7-13-9-16-5-2-6-20(13)19-12/h7,10,16H,2-6,8-9H2,1H3,(H,17,21). The zero-order valence-electron chi connectivity index (χ0n) is 12.8. The van der Waals surface area contributed by atoms with Crippen LogP contribution in [0.1, 0.15) is 34.8 Å². The lowest BCUT2D eigenvalue weighted by atomic mass is 10.2. The Bertz CT molecular complexity index is 625. The second-order valence-corrected chi connectivity index (χ2v) is 6.46. The highest BCUT2D eigenvalue weighted by molar-refractivity contribution is 7.09. The number of amides is 1. The average Bonchev–Trinajstić information content (AvgIpc) is 3.03. The zero-order valence-corrected chi connectivity index (χ0v) is 13.6. The van der Waals surface area contributed by atoms with Gasteiger partial charge in [-0.1, -0.05) is 0 Å². The van der Waals surface area contributed by atoms with Gasteiger partial charge in [0, 0.05) is 24.4 Å². The summed E-state index contributed by atoms with van der Waals surface area (Å²) in [6.07, 6.45) is 2.35. The highest BCUT2D eigenvalue weighted by Crippen LogP contribution is 2.14. The van der Waals surface area contributed by atoms with Crippen LogP contribution in [0.4, 0.5) is 0 Å². The number of thiazole rings is 1. The number of hydrogen-bond acceptors (Lipinski definition) is 5. The number of nitrogens with one attached hydrogen (secondary N) is 2. The van der Waals surface area contributed by atoms with Gasteiger partial charge in [0.15, 0.2) is 0 Å². The molecule has 2 aromatic heterocycles. The van der Waals surface area contributed by atoms with E-state index in [-0.39, 0.29) is 5.91 Å². The summed E-state index contributed by atoms with van der Waals surface area (Å²) >= 11 is 1.61. The summed E-state index contributed by atoms with van der Waals surface area (Å²) in [4.78, 5) is 17.3. The lowest BCUT2D eigenvalue weighted by Crippen LogP contribution is -2.23. The van der Waals surface area contributed by atoms with E-state index in [2.05, 4.69) is 26.8 Å². The van der Waals surface area contributed by atoms with Crippen LogP contribution < -0.4 is 10.6 Å². The first-order chi connectivity index (χ1) is 10.7. The minimum Gasteiger partial charge on any atom is -0.350 e. The van der Waals surface area contributed by atoms with Gasteiger partial charge in [0.2, 0.25) is 5.91 Å². The summed E-state index contributed by atoms with van der Waals surface area (Å²) in [5.41, 5.74) is 4.99. The van der Waals surface area contributed by atoms with Gasteiger partial charge in [0.05, 0.1) is 29.1 Å². The number of aryl methyl sites for hydroxylation is 3. The van der Waals surface area contributed by atoms with Gasteiger partial charge in [-0.25, -0.2) is 4.98 Å². The molecule has 7 heteroatoms. The van der Waals surface area contributed by atoms with Crippen molar-refractivity contribution in [1.82, 2.24) is 25.4 Å². The SMILES string of the molecule is Cc1ncsc1CCC(=O)NCc1cc2n(n1)CCCNC2. The van der Waals surface area contributed by atoms with Gasteiger partial charge in [-0.05, 0) is 32.4 Å². The van der Waals surface area contributed by atoms with Crippen LogP contribution in [0.5, 0.6) is 0 Å². The summed E-state index contributed by atoms with van der Waals surface area (Å²) in [5.74, 6) is 0.0640. The number of rotatable bonds is 5. The van der Waals surface area contributed by atoms with Crippen LogP contribution in [0.15, 0.2) is 11.6 Å². The molecule has 0 saturated heterocycles. The molecule has 1 aliphatic rings. The van der Waals surface area contributed by atoms with Gasteiger partial charge in [-0.3, -0.25) is 9.48 Å². The van der Waals surface area contributed by atoms with Gasteiger partial charge in [-0.2, -0.15) is 5.10 Å². The Morgan fingerprint density at radius 3 is 3.27 bits per heavy atom. The van der Waals surface area contributed by atoms with Crippen molar-refractivity contribution in [3.8, 4) is 0 Å². The molecule has 0 aliphatic carbocycles. The summed E-state index contributed by atoms with van der Waals surface area (Å²) < 4.78 is 2.04. The van der Waals surface area contributed by atoms with Crippen LogP contribution in [0, 0.1) is 6.92 Å². The maximum atomic E-state index is 11.9. The van der Waals surface area contributed by atoms with E-state index < -0.39 is 0 Å². The monoisotopic (exact) mass is 319 g/mol. The predicted molar refractivity (Wildman–Crippen MR) is 85.6 cm³/mol. The van der Waals surface area contributed by atoms with Crippen molar-refractivity contribution in [3.63, 3.8) is 0 Å². The molecule has 0 spiro atoms. The molecule has 0 aromatic carbocycles. The molecule has 2 aromatic rings. The third-order valence-corrected chi connectivity index (χ3v) is 4.83. The third kappa shape index (κ3) is 3.72. The molecule has 118 valence electrons. The molecule has 0 bridgehead atoms.